The summed E-state index contributed by atoms with van der Waals surface area (Å²) >= 11 is 1.17. The summed E-state index contributed by atoms with van der Waals surface area (Å²) in [5.41, 5.74) is 1.36. The number of ether oxygens (including phenoxy) is 1. The molecule has 2 aromatic heterocycles. The second kappa shape index (κ2) is 8.24. The van der Waals surface area contributed by atoms with E-state index in [9.17, 15) is 9.18 Å². The zero-order chi connectivity index (χ0) is 20.2. The Morgan fingerprint density at radius 2 is 2.10 bits per heavy atom. The van der Waals surface area contributed by atoms with Gasteiger partial charge >= 0.3 is 5.91 Å². The largest absolute Gasteiger partial charge is 0.494 e. The van der Waals surface area contributed by atoms with E-state index >= 15 is 0 Å². The van der Waals surface area contributed by atoms with Gasteiger partial charge in [-0.05, 0) is 67.1 Å². The van der Waals surface area contributed by atoms with Crippen LogP contribution in [0.25, 0.3) is 10.2 Å². The summed E-state index contributed by atoms with van der Waals surface area (Å²) in [6.07, 6.45) is 2.96. The van der Waals surface area contributed by atoms with E-state index in [1.807, 2.05) is 31.2 Å². The van der Waals surface area contributed by atoms with Gasteiger partial charge in [0.15, 0.2) is 5.76 Å². The molecular weight excluding hydrogens is 393 g/mol. The first-order chi connectivity index (χ1) is 14.1. The van der Waals surface area contributed by atoms with Crippen LogP contribution < -0.4 is 9.75 Å². The second-order valence-corrected chi connectivity index (χ2v) is 6.96. The van der Waals surface area contributed by atoms with Gasteiger partial charge in [0.05, 0.1) is 29.3 Å². The number of carbonyl (C=O) groups excluding carboxylic acids is 1. The first kappa shape index (κ1) is 18.8. The number of furan rings is 1. The monoisotopic (exact) mass is 409 g/mol. The number of rotatable bonds is 6. The summed E-state index contributed by atoms with van der Waals surface area (Å²) in [5, 5.41) is 5.79. The molecular formula is C21H16FN3O3S. The van der Waals surface area contributed by atoms with E-state index in [0.29, 0.717) is 22.0 Å². The number of carbonyl (C=O) groups is 1. The van der Waals surface area contributed by atoms with Crippen LogP contribution in [0.15, 0.2) is 70.4 Å². The predicted octanol–water partition coefficient (Wildman–Crippen LogP) is 5.11. The Morgan fingerprint density at radius 1 is 1.28 bits per heavy atom. The highest BCUT2D eigenvalue weighted by Crippen LogP contribution is 2.30. The Balaban J connectivity index is 1.68. The van der Waals surface area contributed by atoms with Gasteiger partial charge in [0.2, 0.25) is 5.13 Å². The molecule has 8 heteroatoms. The fourth-order valence-corrected chi connectivity index (χ4v) is 3.56. The van der Waals surface area contributed by atoms with Crippen LogP contribution in [0.4, 0.5) is 9.52 Å². The molecule has 2 aromatic carbocycles. The lowest BCUT2D eigenvalue weighted by molar-refractivity contribution is 0.0961. The van der Waals surface area contributed by atoms with Crippen molar-refractivity contribution in [1.82, 2.24) is 4.98 Å². The molecule has 0 unspecified atom stereocenters. The molecule has 2 heterocycles. The van der Waals surface area contributed by atoms with Crippen LogP contribution in [0.5, 0.6) is 5.75 Å². The Kier molecular flexibility index (Phi) is 5.35. The molecule has 4 rings (SSSR count). The van der Waals surface area contributed by atoms with Gasteiger partial charge in [0, 0.05) is 0 Å². The maximum absolute atomic E-state index is 13.5. The number of benzene rings is 2. The molecule has 1 amide bonds. The number of anilines is 1. The van der Waals surface area contributed by atoms with Gasteiger partial charge < -0.3 is 9.15 Å². The number of hydrazone groups is 1. The number of thiazole rings is 1. The van der Waals surface area contributed by atoms with Crippen molar-refractivity contribution in [3.63, 3.8) is 0 Å². The third kappa shape index (κ3) is 4.17. The lowest BCUT2D eigenvalue weighted by Gasteiger charge is -2.12. The molecule has 0 fully saturated rings. The minimum Gasteiger partial charge on any atom is -0.494 e. The average molecular weight is 409 g/mol. The molecule has 0 radical (unpaired) electrons. The third-order valence-corrected chi connectivity index (χ3v) is 4.95. The van der Waals surface area contributed by atoms with Crippen molar-refractivity contribution in [3.05, 3.63) is 78.0 Å². The van der Waals surface area contributed by atoms with E-state index in [1.165, 1.54) is 29.7 Å². The first-order valence-corrected chi connectivity index (χ1v) is 9.66. The molecule has 0 spiro atoms. The Bertz CT molecular complexity index is 1150. The van der Waals surface area contributed by atoms with Crippen LogP contribution in [0.1, 0.15) is 23.0 Å². The highest BCUT2D eigenvalue weighted by molar-refractivity contribution is 7.22. The van der Waals surface area contributed by atoms with Crippen LogP contribution in [-0.2, 0) is 0 Å². The Morgan fingerprint density at radius 3 is 2.83 bits per heavy atom. The van der Waals surface area contributed by atoms with Gasteiger partial charge in [-0.25, -0.2) is 9.37 Å². The van der Waals surface area contributed by atoms with Crippen LogP contribution in [0.3, 0.4) is 0 Å². The second-order valence-electron chi connectivity index (χ2n) is 5.95. The van der Waals surface area contributed by atoms with E-state index in [2.05, 4.69) is 10.1 Å². The van der Waals surface area contributed by atoms with E-state index < -0.39 is 5.91 Å². The first-order valence-electron chi connectivity index (χ1n) is 8.85. The Hall–Kier alpha value is -3.52. The molecule has 0 saturated heterocycles. The van der Waals surface area contributed by atoms with Crippen molar-refractivity contribution in [2.24, 2.45) is 5.10 Å². The number of hydrogen-bond donors (Lipinski definition) is 0. The summed E-state index contributed by atoms with van der Waals surface area (Å²) in [6, 6.07) is 14.7. The summed E-state index contributed by atoms with van der Waals surface area (Å²) in [5.74, 6) is 0.0341. The number of nitrogens with zero attached hydrogens (tertiary/aromatic N) is 3. The van der Waals surface area contributed by atoms with Crippen molar-refractivity contribution in [3.8, 4) is 5.75 Å². The van der Waals surface area contributed by atoms with Crippen molar-refractivity contribution < 1.29 is 18.3 Å². The fourth-order valence-electron chi connectivity index (χ4n) is 2.61. The van der Waals surface area contributed by atoms with Crippen LogP contribution in [0.2, 0.25) is 0 Å². The highest BCUT2D eigenvalue weighted by Gasteiger charge is 2.23. The van der Waals surface area contributed by atoms with E-state index in [-0.39, 0.29) is 11.6 Å². The highest BCUT2D eigenvalue weighted by atomic mass is 32.1. The molecule has 0 N–H and O–H groups in total. The normalized spacial score (nSPS) is 11.2. The van der Waals surface area contributed by atoms with Gasteiger partial charge in [0.1, 0.15) is 11.6 Å². The zero-order valence-corrected chi connectivity index (χ0v) is 16.2. The SMILES string of the molecule is CCOc1ccc(/C=N\N(C(=O)c2ccco2)c2nc3ccc(F)cc3s2)cc1. The quantitative estimate of drug-likeness (QED) is 0.328. The minimum atomic E-state index is -0.475. The standard InChI is InChI=1S/C21H16FN3O3S/c1-2-27-16-8-5-14(6-9-16)13-23-25(20(26)18-4-3-11-28-18)21-24-17-10-7-15(22)12-19(17)29-21/h3-13H,2H2,1H3/b23-13-. The number of halogens is 1. The maximum Gasteiger partial charge on any atom is 0.316 e. The predicted molar refractivity (Wildman–Crippen MR) is 110 cm³/mol. The zero-order valence-electron chi connectivity index (χ0n) is 15.4. The van der Waals surface area contributed by atoms with Crippen molar-refractivity contribution >= 4 is 38.8 Å². The van der Waals surface area contributed by atoms with Gasteiger partial charge in [-0.3, -0.25) is 4.79 Å². The van der Waals surface area contributed by atoms with Crippen LogP contribution >= 0.6 is 11.3 Å². The molecule has 0 bridgehead atoms. The van der Waals surface area contributed by atoms with Gasteiger partial charge in [-0.15, -0.1) is 0 Å². The number of fused-ring (bicyclic) bond motifs is 1. The van der Waals surface area contributed by atoms with E-state index in [1.54, 1.807) is 24.4 Å². The summed E-state index contributed by atoms with van der Waals surface area (Å²) in [6.45, 7) is 2.49. The van der Waals surface area contributed by atoms with Gasteiger partial charge in [0.25, 0.3) is 0 Å². The number of aromatic nitrogens is 1. The lowest BCUT2D eigenvalue weighted by Crippen LogP contribution is -2.25. The van der Waals surface area contributed by atoms with E-state index in [4.69, 9.17) is 9.15 Å². The van der Waals surface area contributed by atoms with Crippen LogP contribution in [-0.4, -0.2) is 23.7 Å². The third-order valence-electron chi connectivity index (χ3n) is 3.96. The smallest absolute Gasteiger partial charge is 0.316 e. The van der Waals surface area contributed by atoms with Crippen LogP contribution in [0, 0.1) is 5.82 Å². The van der Waals surface area contributed by atoms with Gasteiger partial charge in [-0.1, -0.05) is 11.3 Å². The molecule has 0 aliphatic carbocycles. The molecule has 0 aliphatic rings. The average Bonchev–Trinajstić information content (AvgIpc) is 3.39. The molecule has 29 heavy (non-hydrogen) atoms. The Labute approximate surface area is 169 Å². The molecule has 4 aromatic rings. The maximum atomic E-state index is 13.5. The summed E-state index contributed by atoms with van der Waals surface area (Å²) < 4.78 is 24.8. The molecule has 0 atom stereocenters. The lowest BCUT2D eigenvalue weighted by atomic mass is 10.2. The summed E-state index contributed by atoms with van der Waals surface area (Å²) in [7, 11) is 0. The topological polar surface area (TPSA) is 67.9 Å². The molecule has 146 valence electrons. The molecule has 0 aliphatic heterocycles. The number of amides is 1. The minimum absolute atomic E-state index is 0.124. The van der Waals surface area contributed by atoms with E-state index in [0.717, 1.165) is 16.3 Å². The fraction of sp³-hybridized carbons (Fsp3) is 0.0952. The molecule has 6 nitrogen and oxygen atoms in total. The number of hydrogen-bond acceptors (Lipinski definition) is 6. The molecule has 0 saturated carbocycles. The van der Waals surface area contributed by atoms with Gasteiger partial charge in [-0.2, -0.15) is 10.1 Å². The summed E-state index contributed by atoms with van der Waals surface area (Å²) in [4.78, 5) is 17.3. The van der Waals surface area contributed by atoms with Crippen molar-refractivity contribution in [2.75, 3.05) is 11.6 Å². The van der Waals surface area contributed by atoms with Crippen molar-refractivity contribution in [1.29, 1.82) is 0 Å². The van der Waals surface area contributed by atoms with Crippen molar-refractivity contribution in [2.45, 2.75) is 6.92 Å².